The van der Waals surface area contributed by atoms with E-state index in [1.165, 1.54) is 85.3 Å². The second-order valence-corrected chi connectivity index (χ2v) is 46.9. The number of amides is 4. The first-order valence-corrected chi connectivity index (χ1v) is 54.6. The molecule has 0 fully saturated rings. The van der Waals surface area contributed by atoms with Crippen LogP contribution in [0.4, 0.5) is 0 Å². The Morgan fingerprint density at radius 2 is 0.457 bits per heavy atom. The van der Waals surface area contributed by atoms with Crippen LogP contribution in [0.5, 0.6) is 0 Å². The van der Waals surface area contributed by atoms with Gasteiger partial charge in [-0.15, -0.1) is 0 Å². The fourth-order valence-corrected chi connectivity index (χ4v) is 21.1. The maximum absolute atomic E-state index is 13.2. The Bertz CT molecular complexity index is 2560. The minimum atomic E-state index is -4.37. The Labute approximate surface area is 834 Å². The van der Waals surface area contributed by atoms with E-state index in [1.54, 1.807) is 26.2 Å². The Morgan fingerprint density at radius 1 is 0.271 bits per heavy atom. The summed E-state index contributed by atoms with van der Waals surface area (Å²) in [5, 5.41) is 11.1. The van der Waals surface area contributed by atoms with Crippen molar-refractivity contribution in [2.45, 2.75) is 139 Å². The van der Waals surface area contributed by atoms with Gasteiger partial charge < -0.3 is 171 Å². The van der Waals surface area contributed by atoms with Gasteiger partial charge in [0.2, 0.25) is 23.6 Å². The Hall–Kier alpha value is -1.47. The summed E-state index contributed by atoms with van der Waals surface area (Å²) < 4.78 is 107. The van der Waals surface area contributed by atoms with Gasteiger partial charge in [0.25, 0.3) is 0 Å². The summed E-state index contributed by atoms with van der Waals surface area (Å²) in [5.74, 6) is -3.16. The predicted octanol–water partition coefficient (Wildman–Crippen LogP) is -2.49. The SMILES string of the molecule is C=CC(=O)OCCC[Si](OC)(OC)OC.CO[Si](CCCOC(=O)CCN(CCNC(=O)CCN(CCC[Si](O)(O)O)CCC(=O)NCCN(CCC(=O)OCCC[Si](OC)(OC)OC)CCC(=O)OCCC[Si](OC)(OC)OC)CCC(=O)OCCC[Si](OC)(OC)OC)(OC)OC.NCCNC(=O)CCN(CCC[Si](O)(O)O)CCC(=O)NCCN.[Fe].[Fe].[Fe].[Fe].[Fe].[Fe]. The van der Waals surface area contributed by atoms with Crippen LogP contribution in [0.1, 0.15) is 96.3 Å². The van der Waals surface area contributed by atoms with E-state index in [-0.39, 0.29) is 294 Å². The molecule has 129 heavy (non-hydrogen) atoms. The van der Waals surface area contributed by atoms with E-state index < -0.39 is 91.5 Å². The second-order valence-electron chi connectivity index (χ2n) is 27.3. The number of nitrogens with zero attached hydrogens (tertiary/aromatic N) is 4. The fraction of sp³-hybridized carbons (Fsp3) is 0.845. The third-order valence-corrected chi connectivity index (χ3v) is 35.0. The van der Waals surface area contributed by atoms with Gasteiger partial charge in [0.15, 0.2) is 0 Å². The average Bonchev–Trinajstić information content (AvgIpc) is 0.906. The number of carbonyl (C=O) groups is 9. The van der Waals surface area contributed by atoms with Gasteiger partial charge >= 0.3 is 91.5 Å². The van der Waals surface area contributed by atoms with Crippen LogP contribution in [0, 0.1) is 0 Å². The van der Waals surface area contributed by atoms with Crippen molar-refractivity contribution < 1.29 is 264 Å². The summed E-state index contributed by atoms with van der Waals surface area (Å²) in [5.41, 5.74) is 10.6. The van der Waals surface area contributed by atoms with Crippen molar-refractivity contribution in [3.8, 4) is 0 Å². The maximum Gasteiger partial charge on any atom is 0.500 e. The molecular weight excluding hydrogens is 2080 g/mol. The van der Waals surface area contributed by atoms with Crippen LogP contribution < -0.4 is 32.7 Å². The van der Waals surface area contributed by atoms with Crippen LogP contribution in [0.15, 0.2) is 12.7 Å². The smallest absolute Gasteiger partial charge is 0.466 e. The fourth-order valence-electron chi connectivity index (χ4n) is 11.4. The number of ether oxygens (including phenoxy) is 5. The van der Waals surface area contributed by atoms with Crippen LogP contribution in [-0.4, -0.2) is 421 Å². The molecule has 45 nitrogen and oxygen atoms in total. The van der Waals surface area contributed by atoms with Crippen molar-refractivity contribution >= 4 is 115 Å². The number of rotatable bonds is 78. The van der Waals surface area contributed by atoms with Crippen molar-refractivity contribution in [1.82, 2.24) is 40.9 Å². The van der Waals surface area contributed by atoms with Gasteiger partial charge in [-0.05, 0) is 58.0 Å². The quantitative estimate of drug-likeness (QED) is 0.00985. The summed E-state index contributed by atoms with van der Waals surface area (Å²) in [4.78, 5) is 175. The molecule has 0 aliphatic rings. The molecule has 0 atom stereocenters. The molecule has 14 N–H and O–H groups in total. The molecule has 58 heteroatoms. The van der Waals surface area contributed by atoms with Crippen molar-refractivity contribution in [2.75, 3.05) is 257 Å². The zero-order valence-corrected chi connectivity index (χ0v) is 91.3. The predicted molar refractivity (Wildman–Crippen MR) is 463 cm³/mol. The molecule has 0 spiro atoms. The van der Waals surface area contributed by atoms with E-state index >= 15 is 0 Å². The summed E-state index contributed by atoms with van der Waals surface area (Å²) in [6, 6.07) is 2.05. The third kappa shape index (κ3) is 77.1. The summed E-state index contributed by atoms with van der Waals surface area (Å²) in [6.45, 7) is 9.29. The minimum absolute atomic E-state index is 0. The molecule has 0 radical (unpaired) electrons. The molecule has 0 aromatic carbocycles. The zero-order chi connectivity index (χ0) is 93.5. The van der Waals surface area contributed by atoms with E-state index in [4.69, 9.17) is 116 Å². The number of esters is 5. The molecular formula is C71H152Fe6N10O35Si7. The molecule has 0 aromatic rings. The summed E-state index contributed by atoms with van der Waals surface area (Å²) in [7, 11) is 0.363. The van der Waals surface area contributed by atoms with Crippen LogP contribution in [0.25, 0.3) is 0 Å². The van der Waals surface area contributed by atoms with E-state index in [0.29, 0.717) is 121 Å². The molecule has 0 unspecified atom stereocenters. The van der Waals surface area contributed by atoms with Gasteiger partial charge in [0.1, 0.15) is 0 Å². The standard InChI is InChI=1S/C49H103N5O25Si5.C13H31N5O5Si.C9H18O5Si.6Fe/c1-64-81(65-2,66-3)40-14-35-76-46(57)20-29-53(30-21-47(58)77-36-15-41-82(67-4,68-5)69-6)33-24-50-44(55)18-27-52(26-13-39-80(61,62)63)28-19-45(56)51-25-34-54(31-22-48(59)78-37-16-42-83(70-7,71-8)72-9)32-23-49(60)79-38-17-43-84(73-10,74-11)75-12;14-4-6-16-12(19)2-9-18(8-1-11-24(21,22)23)10-3-13(20)17-7-5-15;1-5-9(10)14-7-6-8-15(11-2,12-3)13-4;;;;;;/h61-63H,13-43H2,1-12H3,(H,50,55)(H,51,56);21-23H,1-11,14-15H2,(H,16,19)(H,17,20);5H,1,6-8H2,2-4H3;;;;;;. The Kier molecular flexibility index (Phi) is 100. The molecule has 0 heterocycles. The first kappa shape index (κ1) is 145. The van der Waals surface area contributed by atoms with E-state index in [9.17, 15) is 57.5 Å². The first-order chi connectivity index (χ1) is 58.4. The van der Waals surface area contributed by atoms with Crippen molar-refractivity contribution in [2.24, 2.45) is 11.5 Å². The average molecular weight is 2240 g/mol. The molecule has 0 aliphatic carbocycles. The molecule has 0 rings (SSSR count). The van der Waals surface area contributed by atoms with Gasteiger partial charge in [0.05, 0.1) is 58.7 Å². The molecule has 0 bridgehead atoms. The van der Waals surface area contributed by atoms with Gasteiger partial charge in [-0.3, -0.25) is 38.4 Å². The molecule has 0 aliphatic heterocycles. The zero-order valence-electron chi connectivity index (χ0n) is 77.7. The minimum Gasteiger partial charge on any atom is -0.466 e. The van der Waals surface area contributed by atoms with Gasteiger partial charge in [-0.1, -0.05) is 6.58 Å². The topological polar surface area (TPSA) is 573 Å². The number of nitrogens with two attached hydrogens (primary N) is 2. The van der Waals surface area contributed by atoms with Gasteiger partial charge in [0, 0.05) is 388 Å². The van der Waals surface area contributed by atoms with Crippen molar-refractivity contribution in [1.29, 1.82) is 0 Å². The van der Waals surface area contributed by atoms with Gasteiger partial charge in [-0.2, -0.15) is 0 Å². The molecule has 0 aromatic heterocycles. The van der Waals surface area contributed by atoms with E-state index in [2.05, 4.69) is 27.8 Å². The third-order valence-electron chi connectivity index (χ3n) is 18.8. The van der Waals surface area contributed by atoms with Gasteiger partial charge in [-0.25, -0.2) is 4.79 Å². The molecule has 0 saturated carbocycles. The molecule has 772 valence electrons. The molecule has 0 saturated heterocycles. The van der Waals surface area contributed by atoms with E-state index in [0.717, 1.165) is 6.08 Å². The number of hydrogen-bond donors (Lipinski definition) is 12. The largest absolute Gasteiger partial charge is 0.500 e. The first-order valence-electron chi connectivity index (χ1n) is 40.9. The Balaban J connectivity index is -0.000000375. The number of carbonyl (C=O) groups excluding carboxylic acids is 9. The van der Waals surface area contributed by atoms with Crippen molar-refractivity contribution in [3.05, 3.63) is 12.7 Å². The second kappa shape index (κ2) is 89.2. The van der Waals surface area contributed by atoms with Crippen LogP contribution in [0.2, 0.25) is 42.3 Å². The van der Waals surface area contributed by atoms with Crippen LogP contribution in [0.3, 0.4) is 0 Å². The Morgan fingerprint density at radius 3 is 0.643 bits per heavy atom. The monoisotopic (exact) mass is 2240 g/mol. The van der Waals surface area contributed by atoms with Crippen LogP contribution >= 0.6 is 0 Å². The summed E-state index contributed by atoms with van der Waals surface area (Å²) in [6.07, 6.45) is 4.67. The number of nitrogens with one attached hydrogen (secondary N) is 4. The van der Waals surface area contributed by atoms with E-state index in [1.807, 2.05) is 14.7 Å². The van der Waals surface area contributed by atoms with Crippen LogP contribution in [-0.2, 0) is 236 Å². The molecule has 4 amide bonds. The normalized spacial score (nSPS) is 11.6. The van der Waals surface area contributed by atoms with Crippen molar-refractivity contribution in [3.63, 3.8) is 0 Å². The summed E-state index contributed by atoms with van der Waals surface area (Å²) >= 11 is 0. The number of hydrogen-bond acceptors (Lipinski definition) is 41. The maximum atomic E-state index is 13.2.